The van der Waals surface area contributed by atoms with Crippen molar-refractivity contribution in [3.8, 4) is 11.5 Å². The molecule has 2 aromatic rings. The molecule has 7 nitrogen and oxygen atoms in total. The van der Waals surface area contributed by atoms with Gasteiger partial charge >= 0.3 is 0 Å². The Bertz CT molecular complexity index is 555. The van der Waals surface area contributed by atoms with E-state index in [2.05, 4.69) is 27.7 Å². The monoisotopic (exact) mass is 277 g/mol. The Morgan fingerprint density at radius 1 is 1.35 bits per heavy atom. The molecule has 0 aliphatic heterocycles. The molecule has 0 aliphatic carbocycles. The first kappa shape index (κ1) is 14.3. The van der Waals surface area contributed by atoms with Crippen molar-refractivity contribution < 1.29 is 9.47 Å². The number of hydrogen-bond donors (Lipinski definition) is 1. The number of benzene rings is 1. The topological polar surface area (TPSA) is 74.1 Å². The van der Waals surface area contributed by atoms with Crippen LogP contribution in [-0.4, -0.2) is 33.9 Å². The molecule has 0 radical (unpaired) electrons. The van der Waals surface area contributed by atoms with Crippen LogP contribution in [0.4, 0.5) is 0 Å². The minimum Gasteiger partial charge on any atom is -0.497 e. The van der Waals surface area contributed by atoms with Crippen LogP contribution in [0.2, 0.25) is 0 Å². The number of aromatic nitrogens is 4. The fraction of sp³-hybridized carbons (Fsp3) is 0.462. The first-order chi connectivity index (χ1) is 9.72. The molecular weight excluding hydrogens is 258 g/mol. The molecule has 0 saturated carbocycles. The molecule has 0 aliphatic rings. The summed E-state index contributed by atoms with van der Waals surface area (Å²) < 4.78 is 11.0. The van der Waals surface area contributed by atoms with Crippen LogP contribution < -0.4 is 14.8 Å². The molecule has 7 heteroatoms. The fourth-order valence-corrected chi connectivity index (χ4v) is 1.74. The summed E-state index contributed by atoms with van der Waals surface area (Å²) in [6.07, 6.45) is 0. The lowest BCUT2D eigenvalue weighted by Gasteiger charge is -2.12. The molecule has 1 heterocycles. The summed E-state index contributed by atoms with van der Waals surface area (Å²) in [6.45, 7) is 3.96. The van der Waals surface area contributed by atoms with Gasteiger partial charge in [0.2, 0.25) is 5.82 Å². The number of tetrazole rings is 1. The van der Waals surface area contributed by atoms with Crippen molar-refractivity contribution >= 4 is 0 Å². The average molecular weight is 277 g/mol. The second kappa shape index (κ2) is 6.85. The third-order valence-corrected chi connectivity index (χ3v) is 2.74. The molecule has 0 spiro atoms. The van der Waals surface area contributed by atoms with Crippen molar-refractivity contribution in [2.75, 3.05) is 13.7 Å². The van der Waals surface area contributed by atoms with E-state index < -0.39 is 0 Å². The Balaban J connectivity index is 2.08. The smallest absolute Gasteiger partial charge is 0.212 e. The highest BCUT2D eigenvalue weighted by Gasteiger charge is 2.08. The molecule has 1 aromatic heterocycles. The van der Waals surface area contributed by atoms with Crippen LogP contribution in [0.1, 0.15) is 18.3 Å². The number of hydrogen-bond acceptors (Lipinski definition) is 6. The second-order valence-electron chi connectivity index (χ2n) is 4.24. The molecule has 0 atom stereocenters. The Kier molecular flexibility index (Phi) is 4.89. The standard InChI is InChI=1S/C13H19N5O2/c1-4-14-8-10-7-11(19-3)5-6-12(10)20-9-13-15-17-18(2)16-13/h5-7,14H,4,8-9H2,1-3H3. The van der Waals surface area contributed by atoms with Crippen molar-refractivity contribution in [3.63, 3.8) is 0 Å². The number of nitrogens with zero attached hydrogens (tertiary/aromatic N) is 4. The van der Waals surface area contributed by atoms with Gasteiger partial charge in [-0.3, -0.25) is 0 Å². The van der Waals surface area contributed by atoms with E-state index in [0.717, 1.165) is 30.2 Å². The number of rotatable bonds is 7. The molecule has 0 bridgehead atoms. The minimum atomic E-state index is 0.291. The second-order valence-corrected chi connectivity index (χ2v) is 4.24. The molecule has 0 fully saturated rings. The molecular formula is C13H19N5O2. The van der Waals surface area contributed by atoms with Gasteiger partial charge in [0.15, 0.2) is 6.61 Å². The third kappa shape index (κ3) is 3.67. The number of aryl methyl sites for hydroxylation is 1. The number of nitrogens with one attached hydrogen (secondary N) is 1. The van der Waals surface area contributed by atoms with Gasteiger partial charge in [-0.2, -0.15) is 4.80 Å². The summed E-state index contributed by atoms with van der Waals surface area (Å²) in [5.74, 6) is 2.15. The van der Waals surface area contributed by atoms with Gasteiger partial charge in [0.25, 0.3) is 0 Å². The lowest BCUT2D eigenvalue weighted by molar-refractivity contribution is 0.291. The molecule has 1 aromatic carbocycles. The van der Waals surface area contributed by atoms with Crippen LogP contribution in [0.15, 0.2) is 18.2 Å². The van der Waals surface area contributed by atoms with Crippen molar-refractivity contribution in [2.24, 2.45) is 7.05 Å². The van der Waals surface area contributed by atoms with E-state index in [0.29, 0.717) is 12.4 Å². The van der Waals surface area contributed by atoms with Gasteiger partial charge in [-0.05, 0) is 30.0 Å². The maximum Gasteiger partial charge on any atom is 0.212 e. The predicted molar refractivity (Wildman–Crippen MR) is 73.5 cm³/mol. The zero-order chi connectivity index (χ0) is 14.4. The van der Waals surface area contributed by atoms with Crippen molar-refractivity contribution in [1.29, 1.82) is 0 Å². The summed E-state index contributed by atoms with van der Waals surface area (Å²) in [5, 5.41) is 15.0. The van der Waals surface area contributed by atoms with Crippen LogP contribution in [0, 0.1) is 0 Å². The maximum absolute atomic E-state index is 5.76. The molecule has 0 amide bonds. The predicted octanol–water partition coefficient (Wildman–Crippen LogP) is 0.907. The Hall–Kier alpha value is -2.15. The third-order valence-electron chi connectivity index (χ3n) is 2.74. The first-order valence-corrected chi connectivity index (χ1v) is 6.46. The van der Waals surface area contributed by atoms with Gasteiger partial charge in [0, 0.05) is 12.1 Å². The lowest BCUT2D eigenvalue weighted by Crippen LogP contribution is -2.13. The zero-order valence-corrected chi connectivity index (χ0v) is 12.0. The van der Waals surface area contributed by atoms with E-state index in [9.17, 15) is 0 Å². The van der Waals surface area contributed by atoms with Crippen LogP contribution in [0.5, 0.6) is 11.5 Å². The summed E-state index contributed by atoms with van der Waals surface area (Å²) in [7, 11) is 3.37. The van der Waals surface area contributed by atoms with E-state index in [-0.39, 0.29) is 0 Å². The van der Waals surface area contributed by atoms with E-state index in [1.54, 1.807) is 14.2 Å². The SMILES string of the molecule is CCNCc1cc(OC)ccc1OCc1nnn(C)n1. The van der Waals surface area contributed by atoms with Crippen LogP contribution in [0.3, 0.4) is 0 Å². The van der Waals surface area contributed by atoms with Crippen molar-refractivity contribution in [3.05, 3.63) is 29.6 Å². The van der Waals surface area contributed by atoms with Gasteiger partial charge in [-0.15, -0.1) is 10.2 Å². The van der Waals surface area contributed by atoms with Crippen LogP contribution in [0.25, 0.3) is 0 Å². The highest BCUT2D eigenvalue weighted by Crippen LogP contribution is 2.24. The van der Waals surface area contributed by atoms with Crippen LogP contribution in [-0.2, 0) is 20.2 Å². The maximum atomic E-state index is 5.76. The van der Waals surface area contributed by atoms with Crippen molar-refractivity contribution in [1.82, 2.24) is 25.5 Å². The molecule has 0 unspecified atom stereocenters. The first-order valence-electron chi connectivity index (χ1n) is 6.46. The van der Waals surface area contributed by atoms with Crippen molar-refractivity contribution in [2.45, 2.75) is 20.1 Å². The summed E-state index contributed by atoms with van der Waals surface area (Å²) in [6, 6.07) is 5.72. The Morgan fingerprint density at radius 2 is 2.20 bits per heavy atom. The largest absolute Gasteiger partial charge is 0.497 e. The van der Waals surface area contributed by atoms with Gasteiger partial charge in [0.1, 0.15) is 11.5 Å². The summed E-state index contributed by atoms with van der Waals surface area (Å²) in [4.78, 5) is 1.41. The van der Waals surface area contributed by atoms with E-state index in [4.69, 9.17) is 9.47 Å². The molecule has 1 N–H and O–H groups in total. The number of methoxy groups -OCH3 is 1. The molecule has 2 rings (SSSR count). The quantitative estimate of drug-likeness (QED) is 0.811. The highest BCUT2D eigenvalue weighted by molar-refractivity contribution is 5.40. The van der Waals surface area contributed by atoms with Gasteiger partial charge in [0.05, 0.1) is 14.2 Å². The Labute approximate surface area is 117 Å². The van der Waals surface area contributed by atoms with E-state index in [1.807, 2.05) is 18.2 Å². The average Bonchev–Trinajstić information content (AvgIpc) is 2.89. The fourth-order valence-electron chi connectivity index (χ4n) is 1.74. The van der Waals surface area contributed by atoms with Gasteiger partial charge in [-0.25, -0.2) is 0 Å². The molecule has 0 saturated heterocycles. The highest BCUT2D eigenvalue weighted by atomic mass is 16.5. The normalized spacial score (nSPS) is 10.6. The Morgan fingerprint density at radius 3 is 2.85 bits per heavy atom. The zero-order valence-electron chi connectivity index (χ0n) is 12.0. The molecule has 20 heavy (non-hydrogen) atoms. The van der Waals surface area contributed by atoms with Gasteiger partial charge in [-0.1, -0.05) is 6.92 Å². The summed E-state index contributed by atoms with van der Waals surface area (Å²) in [5.41, 5.74) is 1.04. The summed E-state index contributed by atoms with van der Waals surface area (Å²) >= 11 is 0. The lowest BCUT2D eigenvalue weighted by atomic mass is 10.2. The minimum absolute atomic E-state index is 0.291. The van der Waals surface area contributed by atoms with Crippen LogP contribution >= 0.6 is 0 Å². The van der Waals surface area contributed by atoms with Gasteiger partial charge < -0.3 is 14.8 Å². The van der Waals surface area contributed by atoms with E-state index in [1.165, 1.54) is 4.80 Å². The molecule has 108 valence electrons. The number of ether oxygens (including phenoxy) is 2. The van der Waals surface area contributed by atoms with E-state index >= 15 is 0 Å².